The number of nitriles is 1. The number of rotatable bonds is 7. The molecule has 0 saturated heterocycles. The zero-order chi connectivity index (χ0) is 26.7. The van der Waals surface area contributed by atoms with Crippen LogP contribution in [0, 0.1) is 24.2 Å². The number of hydrogen-bond acceptors (Lipinski definition) is 8. The molecule has 0 radical (unpaired) electrons. The third-order valence-corrected chi connectivity index (χ3v) is 7.67. The number of pyridine rings is 2. The summed E-state index contributed by atoms with van der Waals surface area (Å²) in [6, 6.07) is 18.9. The maximum absolute atomic E-state index is 13.9. The molecule has 8 nitrogen and oxygen atoms in total. The highest BCUT2D eigenvalue weighted by Crippen LogP contribution is 2.37. The van der Waals surface area contributed by atoms with Gasteiger partial charge in [0.1, 0.15) is 11.8 Å². The highest BCUT2D eigenvalue weighted by atomic mass is 32.2. The quantitative estimate of drug-likeness (QED) is 0.244. The lowest BCUT2D eigenvalue weighted by atomic mass is 10.0. The van der Waals surface area contributed by atoms with Crippen LogP contribution in [0.4, 0.5) is 9.52 Å². The topological polar surface area (TPSA) is 118 Å². The predicted octanol–water partition coefficient (Wildman–Crippen LogP) is 6.18. The van der Waals surface area contributed by atoms with Crippen molar-refractivity contribution in [1.29, 1.82) is 5.26 Å². The fourth-order valence-electron chi connectivity index (χ4n) is 3.64. The lowest BCUT2D eigenvalue weighted by molar-refractivity contribution is 0.480. The van der Waals surface area contributed by atoms with Crippen molar-refractivity contribution in [2.24, 2.45) is 0 Å². The van der Waals surface area contributed by atoms with Crippen LogP contribution in [-0.2, 0) is 10.0 Å². The fraction of sp³-hybridized carbons (Fsp3) is 0.0370. The third kappa shape index (κ3) is 5.22. The van der Waals surface area contributed by atoms with Gasteiger partial charge in [-0.2, -0.15) is 9.65 Å². The largest absolute Gasteiger partial charge is 0.454 e. The Hall–Kier alpha value is -4.66. The number of aromatic nitrogens is 3. The Balaban J connectivity index is 1.55. The summed E-state index contributed by atoms with van der Waals surface area (Å²) in [5, 5.41) is 11.6. The van der Waals surface area contributed by atoms with Crippen LogP contribution in [0.1, 0.15) is 11.1 Å². The number of ether oxygens (including phenoxy) is 1. The second kappa shape index (κ2) is 10.4. The number of benzene rings is 2. The second-order valence-corrected chi connectivity index (χ2v) is 10.7. The summed E-state index contributed by atoms with van der Waals surface area (Å²) in [6.07, 6.45) is 4.38. The van der Waals surface area contributed by atoms with Crippen molar-refractivity contribution in [3.8, 4) is 40.0 Å². The van der Waals surface area contributed by atoms with Gasteiger partial charge in [0.05, 0.1) is 22.3 Å². The first-order chi connectivity index (χ1) is 18.3. The van der Waals surface area contributed by atoms with Gasteiger partial charge in [-0.1, -0.05) is 30.3 Å². The summed E-state index contributed by atoms with van der Waals surface area (Å²) in [5.41, 5.74) is 3.03. The van der Waals surface area contributed by atoms with Gasteiger partial charge in [0.25, 0.3) is 10.0 Å². The van der Waals surface area contributed by atoms with Crippen molar-refractivity contribution in [1.82, 2.24) is 15.0 Å². The molecule has 0 amide bonds. The monoisotopic (exact) mass is 543 g/mol. The number of aryl methyl sites for hydroxylation is 1. The lowest BCUT2D eigenvalue weighted by Crippen LogP contribution is -2.13. The van der Waals surface area contributed by atoms with Crippen LogP contribution in [-0.4, -0.2) is 23.4 Å². The Morgan fingerprint density at radius 2 is 1.79 bits per heavy atom. The van der Waals surface area contributed by atoms with Gasteiger partial charge in [0.2, 0.25) is 5.95 Å². The molecule has 5 rings (SSSR count). The zero-order valence-corrected chi connectivity index (χ0v) is 21.4. The molecule has 0 spiro atoms. The summed E-state index contributed by atoms with van der Waals surface area (Å²) in [4.78, 5) is 12.2. The van der Waals surface area contributed by atoms with Crippen molar-refractivity contribution in [3.05, 3.63) is 102 Å². The van der Waals surface area contributed by atoms with Crippen molar-refractivity contribution < 1.29 is 17.5 Å². The minimum absolute atomic E-state index is 0.00138. The molecule has 11 heteroatoms. The van der Waals surface area contributed by atoms with Gasteiger partial charge in [-0.15, -0.1) is 11.3 Å². The van der Waals surface area contributed by atoms with E-state index in [0.29, 0.717) is 22.4 Å². The molecule has 1 N–H and O–H groups in total. The summed E-state index contributed by atoms with van der Waals surface area (Å²) in [5.74, 6) is -0.169. The van der Waals surface area contributed by atoms with Crippen LogP contribution >= 0.6 is 11.3 Å². The molecule has 3 heterocycles. The van der Waals surface area contributed by atoms with Gasteiger partial charge in [0, 0.05) is 40.0 Å². The number of sulfonamides is 1. The summed E-state index contributed by atoms with van der Waals surface area (Å²) in [6.45, 7) is 1.61. The number of hydrogen-bond donors (Lipinski definition) is 1. The maximum Gasteiger partial charge on any atom is 0.263 e. The predicted molar refractivity (Wildman–Crippen MR) is 142 cm³/mol. The van der Waals surface area contributed by atoms with Gasteiger partial charge in [-0.25, -0.2) is 18.4 Å². The van der Waals surface area contributed by atoms with Crippen LogP contribution in [0.2, 0.25) is 0 Å². The number of anilines is 1. The van der Waals surface area contributed by atoms with Gasteiger partial charge in [-0.3, -0.25) is 9.71 Å². The van der Waals surface area contributed by atoms with E-state index in [2.05, 4.69) is 19.7 Å². The Morgan fingerprint density at radius 3 is 2.50 bits per heavy atom. The van der Waals surface area contributed by atoms with Crippen LogP contribution < -0.4 is 9.46 Å². The standard InChI is InChI=1S/C27H18FN5O3S2/c1-17-11-20(15-32-26(17)28)22-13-23(18-5-3-2-4-6-18)31-16-25(22)36-24-8-7-21(12-19(24)14-29)38(34,35)33-27-30-9-10-37-27/h2-13,15-16H,1H3,(H,30,33). The smallest absolute Gasteiger partial charge is 0.263 e. The minimum Gasteiger partial charge on any atom is -0.454 e. The third-order valence-electron chi connectivity index (χ3n) is 5.52. The molecule has 0 aliphatic heterocycles. The molecular formula is C27H18FN5O3S2. The van der Waals surface area contributed by atoms with Crippen molar-refractivity contribution in [3.63, 3.8) is 0 Å². The molecule has 0 aliphatic rings. The Kier molecular flexibility index (Phi) is 6.83. The van der Waals surface area contributed by atoms with Crippen molar-refractivity contribution in [2.45, 2.75) is 11.8 Å². The molecule has 0 unspecified atom stereocenters. The van der Waals surface area contributed by atoms with E-state index in [4.69, 9.17) is 4.74 Å². The van der Waals surface area contributed by atoms with Gasteiger partial charge < -0.3 is 4.74 Å². The first-order valence-corrected chi connectivity index (χ1v) is 13.5. The number of nitrogens with one attached hydrogen (secondary N) is 1. The van der Waals surface area contributed by atoms with E-state index in [1.165, 1.54) is 36.8 Å². The van der Waals surface area contributed by atoms with E-state index < -0.39 is 16.0 Å². The first kappa shape index (κ1) is 25.0. The summed E-state index contributed by atoms with van der Waals surface area (Å²) in [7, 11) is -3.97. The molecule has 0 bridgehead atoms. The lowest BCUT2D eigenvalue weighted by Gasteiger charge is -2.15. The highest BCUT2D eigenvalue weighted by Gasteiger charge is 2.20. The number of thiazole rings is 1. The Bertz CT molecular complexity index is 1770. The van der Waals surface area contributed by atoms with Crippen LogP contribution in [0.5, 0.6) is 11.5 Å². The van der Waals surface area contributed by atoms with Crippen molar-refractivity contribution >= 4 is 26.5 Å². The van der Waals surface area contributed by atoms with E-state index in [0.717, 1.165) is 16.9 Å². The van der Waals surface area contributed by atoms with Crippen LogP contribution in [0.3, 0.4) is 0 Å². The van der Waals surface area contributed by atoms with E-state index in [1.807, 2.05) is 36.4 Å². The molecule has 188 valence electrons. The number of halogens is 1. The molecule has 0 fully saturated rings. The van der Waals surface area contributed by atoms with E-state index in [-0.39, 0.29) is 27.1 Å². The van der Waals surface area contributed by atoms with E-state index in [1.54, 1.807) is 24.4 Å². The Labute approximate surface area is 222 Å². The van der Waals surface area contributed by atoms with Gasteiger partial charge >= 0.3 is 0 Å². The SMILES string of the molecule is Cc1cc(-c2cc(-c3ccccc3)ncc2Oc2ccc(S(=O)(=O)Nc3nccs3)cc2C#N)cnc1F. The first-order valence-electron chi connectivity index (χ1n) is 11.2. The van der Waals surface area contributed by atoms with Gasteiger partial charge in [-0.05, 0) is 37.3 Å². The van der Waals surface area contributed by atoms with Gasteiger partial charge in [0.15, 0.2) is 10.9 Å². The fourth-order valence-corrected chi connectivity index (χ4v) is 5.46. The molecule has 0 atom stereocenters. The summed E-state index contributed by atoms with van der Waals surface area (Å²) < 4.78 is 47.9. The van der Waals surface area contributed by atoms with Crippen LogP contribution in [0.25, 0.3) is 22.4 Å². The Morgan fingerprint density at radius 1 is 0.974 bits per heavy atom. The van der Waals surface area contributed by atoms with Crippen molar-refractivity contribution in [2.75, 3.05) is 4.72 Å². The summed E-state index contributed by atoms with van der Waals surface area (Å²) >= 11 is 1.13. The average molecular weight is 544 g/mol. The van der Waals surface area contributed by atoms with E-state index >= 15 is 0 Å². The van der Waals surface area contributed by atoms with Crippen LogP contribution in [0.15, 0.2) is 89.5 Å². The molecular weight excluding hydrogens is 525 g/mol. The van der Waals surface area contributed by atoms with E-state index in [9.17, 15) is 18.1 Å². The highest BCUT2D eigenvalue weighted by molar-refractivity contribution is 7.93. The molecule has 0 saturated carbocycles. The molecule has 3 aromatic heterocycles. The minimum atomic E-state index is -3.97. The average Bonchev–Trinajstić information content (AvgIpc) is 3.43. The maximum atomic E-state index is 13.9. The zero-order valence-electron chi connectivity index (χ0n) is 19.8. The number of nitrogens with zero attached hydrogens (tertiary/aromatic N) is 4. The molecule has 0 aliphatic carbocycles. The molecule has 2 aromatic carbocycles. The molecule has 38 heavy (non-hydrogen) atoms. The molecule has 5 aromatic rings. The second-order valence-electron chi connectivity index (χ2n) is 8.08. The normalized spacial score (nSPS) is 11.1.